The number of nitrogens with zero attached hydrogens (tertiary/aromatic N) is 2. The molecule has 0 radical (unpaired) electrons. The molecule has 0 saturated carbocycles. The molecule has 0 unspecified atom stereocenters. The van der Waals surface area contributed by atoms with Gasteiger partial charge >= 0.3 is 0 Å². The van der Waals surface area contributed by atoms with Crippen molar-refractivity contribution in [3.05, 3.63) is 89.2 Å². The Hall–Kier alpha value is -3.51. The average Bonchev–Trinajstić information content (AvgIpc) is 3.22. The molecular formula is C27H28ClN3O3. The number of ether oxygens (including phenoxy) is 2. The normalized spacial score (nSPS) is 10.9. The highest BCUT2D eigenvalue weighted by atomic mass is 35.5. The molecule has 1 N–H and O–H groups in total. The summed E-state index contributed by atoms with van der Waals surface area (Å²) in [6.45, 7) is 1.90. The van der Waals surface area contributed by atoms with Crippen LogP contribution in [0.25, 0.3) is 11.0 Å². The van der Waals surface area contributed by atoms with E-state index in [0.29, 0.717) is 35.2 Å². The van der Waals surface area contributed by atoms with Crippen LogP contribution in [0.15, 0.2) is 72.8 Å². The Morgan fingerprint density at radius 2 is 1.71 bits per heavy atom. The lowest BCUT2D eigenvalue weighted by molar-refractivity contribution is 0.0950. The minimum Gasteiger partial charge on any atom is -0.496 e. The maximum Gasteiger partial charge on any atom is 0.255 e. The number of benzene rings is 3. The van der Waals surface area contributed by atoms with Crippen LogP contribution >= 0.6 is 11.6 Å². The first-order valence-electron chi connectivity index (χ1n) is 11.4. The van der Waals surface area contributed by atoms with Gasteiger partial charge in [0, 0.05) is 19.5 Å². The van der Waals surface area contributed by atoms with Gasteiger partial charge in [-0.15, -0.1) is 0 Å². The second-order valence-corrected chi connectivity index (χ2v) is 8.27. The molecule has 1 heterocycles. The Balaban J connectivity index is 1.34. The number of hydrogen-bond donors (Lipinski definition) is 1. The van der Waals surface area contributed by atoms with E-state index in [9.17, 15) is 4.79 Å². The Bertz CT molecular complexity index is 1250. The molecule has 0 aliphatic heterocycles. The summed E-state index contributed by atoms with van der Waals surface area (Å²) in [7, 11) is 1.57. The Morgan fingerprint density at radius 3 is 2.53 bits per heavy atom. The molecule has 1 aromatic heterocycles. The van der Waals surface area contributed by atoms with E-state index in [1.807, 2.05) is 54.6 Å². The highest BCUT2D eigenvalue weighted by Gasteiger charge is 2.13. The minimum atomic E-state index is -0.136. The number of amides is 1. The van der Waals surface area contributed by atoms with Gasteiger partial charge in [0.1, 0.15) is 17.3 Å². The zero-order chi connectivity index (χ0) is 23.8. The number of nitrogens with one attached hydrogen (secondary N) is 1. The van der Waals surface area contributed by atoms with Crippen molar-refractivity contribution >= 4 is 28.5 Å². The molecule has 4 rings (SSSR count). The fourth-order valence-electron chi connectivity index (χ4n) is 3.91. The molecule has 34 heavy (non-hydrogen) atoms. The average molecular weight is 478 g/mol. The van der Waals surface area contributed by atoms with Gasteiger partial charge in [0.05, 0.1) is 35.3 Å². The molecule has 0 fully saturated rings. The molecule has 0 aliphatic rings. The topological polar surface area (TPSA) is 65.4 Å². The van der Waals surface area contributed by atoms with Crippen molar-refractivity contribution in [3.8, 4) is 11.5 Å². The van der Waals surface area contributed by atoms with Gasteiger partial charge in [-0.1, -0.05) is 48.0 Å². The van der Waals surface area contributed by atoms with E-state index in [4.69, 9.17) is 26.1 Å². The largest absolute Gasteiger partial charge is 0.496 e. The lowest BCUT2D eigenvalue weighted by atomic mass is 10.2. The first-order chi connectivity index (χ1) is 16.7. The van der Waals surface area contributed by atoms with E-state index in [-0.39, 0.29) is 5.91 Å². The van der Waals surface area contributed by atoms with E-state index in [1.54, 1.807) is 19.2 Å². The smallest absolute Gasteiger partial charge is 0.255 e. The van der Waals surface area contributed by atoms with Crippen LogP contribution in [0.2, 0.25) is 5.02 Å². The van der Waals surface area contributed by atoms with Gasteiger partial charge in [0.2, 0.25) is 0 Å². The van der Waals surface area contributed by atoms with E-state index < -0.39 is 0 Å². The molecule has 4 aromatic rings. The van der Waals surface area contributed by atoms with Gasteiger partial charge in [0.25, 0.3) is 5.91 Å². The summed E-state index contributed by atoms with van der Waals surface area (Å²) in [5.41, 5.74) is 2.62. The maximum absolute atomic E-state index is 12.5. The van der Waals surface area contributed by atoms with Crippen molar-refractivity contribution in [1.29, 1.82) is 0 Å². The molecule has 0 aliphatic carbocycles. The number of para-hydroxylation sites is 4. The fraction of sp³-hybridized carbons (Fsp3) is 0.259. The van der Waals surface area contributed by atoms with Gasteiger partial charge in [-0.3, -0.25) is 4.79 Å². The third-order valence-corrected chi connectivity index (χ3v) is 5.88. The van der Waals surface area contributed by atoms with E-state index in [0.717, 1.165) is 42.7 Å². The number of aryl methyl sites for hydroxylation is 2. The maximum atomic E-state index is 12.5. The number of fused-ring (bicyclic) bond motifs is 1. The Labute approximate surface area is 204 Å². The lowest BCUT2D eigenvalue weighted by Gasteiger charge is -2.12. The van der Waals surface area contributed by atoms with Crippen LogP contribution < -0.4 is 14.8 Å². The predicted octanol–water partition coefficient (Wildman–Crippen LogP) is 5.53. The van der Waals surface area contributed by atoms with Crippen LogP contribution in [0.5, 0.6) is 11.5 Å². The summed E-state index contributed by atoms with van der Waals surface area (Å²) < 4.78 is 13.4. The highest BCUT2D eigenvalue weighted by molar-refractivity contribution is 6.32. The molecule has 3 aromatic carbocycles. The van der Waals surface area contributed by atoms with Gasteiger partial charge in [-0.05, 0) is 49.2 Å². The number of halogens is 1. The predicted molar refractivity (Wildman–Crippen MR) is 135 cm³/mol. The second kappa shape index (κ2) is 11.6. The monoisotopic (exact) mass is 477 g/mol. The molecular weight excluding hydrogens is 450 g/mol. The summed E-state index contributed by atoms with van der Waals surface area (Å²) in [6.07, 6.45) is 2.36. The van der Waals surface area contributed by atoms with Crippen molar-refractivity contribution in [3.63, 3.8) is 0 Å². The summed E-state index contributed by atoms with van der Waals surface area (Å²) >= 11 is 6.18. The molecule has 7 heteroatoms. The van der Waals surface area contributed by atoms with Crippen LogP contribution in [0, 0.1) is 0 Å². The van der Waals surface area contributed by atoms with Gasteiger partial charge in [-0.25, -0.2) is 4.98 Å². The minimum absolute atomic E-state index is 0.136. The van der Waals surface area contributed by atoms with Crippen LogP contribution in [0.3, 0.4) is 0 Å². The molecule has 0 atom stereocenters. The van der Waals surface area contributed by atoms with Crippen LogP contribution in [0.4, 0.5) is 0 Å². The number of carbonyl (C=O) groups excluding carboxylic acids is 1. The standard InChI is InChI=1S/C27H28ClN3O3/c1-33-24-14-6-2-10-20(24)27(32)29-17-8-16-26-30-22-12-4-5-13-23(22)31(26)18-9-19-34-25-15-7-3-11-21(25)28/h2-7,10-15H,8-9,16-19H2,1H3,(H,29,32). The first-order valence-corrected chi connectivity index (χ1v) is 11.8. The molecule has 6 nitrogen and oxygen atoms in total. The molecule has 0 saturated heterocycles. The number of hydrogen-bond acceptors (Lipinski definition) is 4. The first kappa shape index (κ1) is 23.6. The number of carbonyl (C=O) groups is 1. The molecule has 1 amide bonds. The van der Waals surface area contributed by atoms with Crippen LogP contribution in [-0.2, 0) is 13.0 Å². The number of imidazole rings is 1. The Kier molecular flexibility index (Phi) is 8.04. The SMILES string of the molecule is COc1ccccc1C(=O)NCCCc1nc2ccccc2n1CCCOc1ccccc1Cl. The van der Waals surface area contributed by atoms with Gasteiger partial charge in [0.15, 0.2) is 0 Å². The molecule has 0 spiro atoms. The van der Waals surface area contributed by atoms with E-state index in [2.05, 4.69) is 16.0 Å². The second-order valence-electron chi connectivity index (χ2n) is 7.86. The van der Waals surface area contributed by atoms with Crippen molar-refractivity contribution in [2.24, 2.45) is 0 Å². The quantitative estimate of drug-likeness (QED) is 0.288. The van der Waals surface area contributed by atoms with Gasteiger partial charge < -0.3 is 19.4 Å². The van der Waals surface area contributed by atoms with Crippen molar-refractivity contribution in [1.82, 2.24) is 14.9 Å². The third-order valence-electron chi connectivity index (χ3n) is 5.57. The van der Waals surface area contributed by atoms with E-state index >= 15 is 0 Å². The zero-order valence-corrected chi connectivity index (χ0v) is 19.9. The summed E-state index contributed by atoms with van der Waals surface area (Å²) in [5.74, 6) is 2.14. The molecule has 0 bridgehead atoms. The van der Waals surface area contributed by atoms with Crippen LogP contribution in [-0.4, -0.2) is 35.7 Å². The fourth-order valence-corrected chi connectivity index (χ4v) is 4.10. The molecule has 176 valence electrons. The number of methoxy groups -OCH3 is 1. The number of aromatic nitrogens is 2. The Morgan fingerprint density at radius 1 is 0.971 bits per heavy atom. The van der Waals surface area contributed by atoms with Crippen molar-refractivity contribution in [2.45, 2.75) is 25.8 Å². The lowest BCUT2D eigenvalue weighted by Crippen LogP contribution is -2.25. The van der Waals surface area contributed by atoms with Crippen LogP contribution in [0.1, 0.15) is 29.0 Å². The summed E-state index contributed by atoms with van der Waals surface area (Å²) in [4.78, 5) is 17.4. The zero-order valence-electron chi connectivity index (χ0n) is 19.2. The van der Waals surface area contributed by atoms with Crippen molar-refractivity contribution in [2.75, 3.05) is 20.3 Å². The van der Waals surface area contributed by atoms with Gasteiger partial charge in [-0.2, -0.15) is 0 Å². The summed E-state index contributed by atoms with van der Waals surface area (Å²) in [5, 5.41) is 3.60. The summed E-state index contributed by atoms with van der Waals surface area (Å²) in [6, 6.07) is 22.9. The van der Waals surface area contributed by atoms with E-state index in [1.165, 1.54) is 0 Å². The number of rotatable bonds is 11. The van der Waals surface area contributed by atoms with Crippen molar-refractivity contribution < 1.29 is 14.3 Å². The third kappa shape index (κ3) is 5.69. The highest BCUT2D eigenvalue weighted by Crippen LogP contribution is 2.23.